The van der Waals surface area contributed by atoms with Gasteiger partial charge < -0.3 is 18.9 Å². The van der Waals surface area contributed by atoms with Crippen molar-refractivity contribution in [2.75, 3.05) is 39.6 Å². The number of ketones is 1. The molecule has 0 N–H and O–H groups in total. The van der Waals surface area contributed by atoms with E-state index in [-0.39, 0.29) is 18.2 Å². The summed E-state index contributed by atoms with van der Waals surface area (Å²) >= 11 is 3.35. The summed E-state index contributed by atoms with van der Waals surface area (Å²) in [6, 6.07) is 7.36. The maximum atomic E-state index is 12.0. The quantitative estimate of drug-likeness (QED) is 0.236. The average molecular weight is 459 g/mol. The number of halogens is 1. The maximum absolute atomic E-state index is 12.0. The van der Waals surface area contributed by atoms with Crippen molar-refractivity contribution >= 4 is 27.7 Å². The predicted molar refractivity (Wildman–Crippen MR) is 111 cm³/mol. The number of benzene rings is 1. The fourth-order valence-electron chi connectivity index (χ4n) is 2.20. The van der Waals surface area contributed by atoms with Gasteiger partial charge in [0.05, 0.1) is 39.5 Å². The van der Waals surface area contributed by atoms with Crippen LogP contribution in [0.3, 0.4) is 0 Å². The highest BCUT2D eigenvalue weighted by molar-refractivity contribution is 9.10. The van der Waals surface area contributed by atoms with Crippen LogP contribution < -0.4 is 0 Å². The second-order valence-electron chi connectivity index (χ2n) is 7.21. The highest BCUT2D eigenvalue weighted by Crippen LogP contribution is 2.12. The van der Waals surface area contributed by atoms with Gasteiger partial charge in [0.15, 0.2) is 5.78 Å². The summed E-state index contributed by atoms with van der Waals surface area (Å²) < 4.78 is 22.3. The topological polar surface area (TPSA) is 71.1 Å². The van der Waals surface area contributed by atoms with Gasteiger partial charge in [-0.1, -0.05) is 28.1 Å². The molecule has 158 valence electrons. The molecule has 28 heavy (non-hydrogen) atoms. The first-order chi connectivity index (χ1) is 13.3. The largest absolute Gasteiger partial charge is 0.460 e. The van der Waals surface area contributed by atoms with Crippen LogP contribution in [0.4, 0.5) is 0 Å². The van der Waals surface area contributed by atoms with Crippen LogP contribution in [0.15, 0.2) is 28.7 Å². The van der Waals surface area contributed by atoms with E-state index in [9.17, 15) is 9.59 Å². The van der Waals surface area contributed by atoms with Gasteiger partial charge in [-0.15, -0.1) is 0 Å². The molecule has 0 aliphatic rings. The highest BCUT2D eigenvalue weighted by atomic mass is 79.9. The number of carbonyl (C=O) groups is 2. The molecule has 0 aliphatic heterocycles. The third kappa shape index (κ3) is 13.0. The van der Waals surface area contributed by atoms with Gasteiger partial charge in [0.2, 0.25) is 0 Å². The number of ether oxygens (including phenoxy) is 4. The predicted octanol–water partition coefficient (Wildman–Crippen LogP) is 4.19. The van der Waals surface area contributed by atoms with Crippen molar-refractivity contribution in [3.05, 3.63) is 34.3 Å². The zero-order valence-corrected chi connectivity index (χ0v) is 18.6. The van der Waals surface area contributed by atoms with Crippen LogP contribution in [-0.2, 0) is 23.7 Å². The molecule has 0 radical (unpaired) electrons. The van der Waals surface area contributed by atoms with E-state index in [2.05, 4.69) is 15.9 Å². The number of carbonyl (C=O) groups excluding carboxylic acids is 2. The van der Waals surface area contributed by atoms with Crippen LogP contribution in [0.1, 0.15) is 50.4 Å². The average Bonchev–Trinajstić information content (AvgIpc) is 2.61. The molecule has 0 aliphatic carbocycles. The minimum absolute atomic E-state index is 0.121. The Bertz CT molecular complexity index is 580. The van der Waals surface area contributed by atoms with Gasteiger partial charge in [-0.3, -0.25) is 9.59 Å². The van der Waals surface area contributed by atoms with E-state index >= 15 is 0 Å². The molecule has 0 amide bonds. The molecule has 0 unspecified atom stereocenters. The SMILES string of the molecule is CC(C)(C)OC(=O)CCOCCOCCOCCCC(=O)c1ccc(Br)cc1. The second kappa shape index (κ2) is 13.8. The van der Waals surface area contributed by atoms with Crippen molar-refractivity contribution < 1.29 is 28.5 Å². The summed E-state index contributed by atoms with van der Waals surface area (Å²) in [7, 11) is 0. The third-order valence-electron chi connectivity index (χ3n) is 3.47. The molecule has 1 aromatic rings. The Hall–Kier alpha value is -1.28. The van der Waals surface area contributed by atoms with E-state index in [1.54, 1.807) is 0 Å². The maximum Gasteiger partial charge on any atom is 0.308 e. The second-order valence-corrected chi connectivity index (χ2v) is 8.12. The van der Waals surface area contributed by atoms with Gasteiger partial charge in [-0.05, 0) is 39.3 Å². The van der Waals surface area contributed by atoms with Crippen molar-refractivity contribution in [2.45, 2.75) is 45.6 Å². The zero-order valence-electron chi connectivity index (χ0n) is 17.0. The molecular formula is C21H31BrO6. The van der Waals surface area contributed by atoms with Gasteiger partial charge in [-0.2, -0.15) is 0 Å². The molecule has 1 rings (SSSR count). The monoisotopic (exact) mass is 458 g/mol. The number of rotatable bonds is 14. The van der Waals surface area contributed by atoms with E-state index in [1.807, 2.05) is 45.0 Å². The van der Waals surface area contributed by atoms with Crippen molar-refractivity contribution in [2.24, 2.45) is 0 Å². The standard InChI is InChI=1S/C21H31BrO6/c1-21(2,3)28-20(24)10-12-26-14-16-27-15-13-25-11-4-5-19(23)17-6-8-18(22)9-7-17/h6-9H,4-5,10-16H2,1-3H3. The van der Waals surface area contributed by atoms with Crippen LogP contribution in [0.2, 0.25) is 0 Å². The lowest BCUT2D eigenvalue weighted by atomic mass is 10.1. The summed E-state index contributed by atoms with van der Waals surface area (Å²) in [5.41, 5.74) is 0.255. The Labute approximate surface area is 176 Å². The lowest BCUT2D eigenvalue weighted by molar-refractivity contribution is -0.156. The summed E-state index contributed by atoms with van der Waals surface area (Å²) in [6.45, 7) is 8.16. The van der Waals surface area contributed by atoms with E-state index in [0.717, 1.165) is 10.0 Å². The normalized spacial score (nSPS) is 11.4. The first-order valence-corrected chi connectivity index (χ1v) is 10.3. The molecule has 0 aromatic heterocycles. The van der Waals surface area contributed by atoms with Crippen LogP contribution in [0.25, 0.3) is 0 Å². The van der Waals surface area contributed by atoms with Crippen molar-refractivity contribution in [3.63, 3.8) is 0 Å². The summed E-state index contributed by atoms with van der Waals surface area (Å²) in [4.78, 5) is 23.5. The highest BCUT2D eigenvalue weighted by Gasteiger charge is 2.15. The molecule has 0 saturated heterocycles. The molecule has 0 fully saturated rings. The minimum Gasteiger partial charge on any atom is -0.460 e. The van der Waals surface area contributed by atoms with E-state index in [4.69, 9.17) is 18.9 Å². The summed E-state index contributed by atoms with van der Waals surface area (Å²) in [6.07, 6.45) is 1.38. The van der Waals surface area contributed by atoms with E-state index < -0.39 is 5.60 Å². The molecule has 0 heterocycles. The molecule has 1 aromatic carbocycles. The lowest BCUT2D eigenvalue weighted by Gasteiger charge is -2.19. The number of esters is 1. The molecule has 7 heteroatoms. The molecule has 0 saturated carbocycles. The van der Waals surface area contributed by atoms with Gasteiger partial charge in [-0.25, -0.2) is 0 Å². The van der Waals surface area contributed by atoms with Gasteiger partial charge in [0, 0.05) is 23.1 Å². The Morgan fingerprint density at radius 3 is 1.93 bits per heavy atom. The Morgan fingerprint density at radius 1 is 0.821 bits per heavy atom. The van der Waals surface area contributed by atoms with E-state index in [0.29, 0.717) is 52.5 Å². The first-order valence-electron chi connectivity index (χ1n) is 9.52. The minimum atomic E-state index is -0.466. The lowest BCUT2D eigenvalue weighted by Crippen LogP contribution is -2.24. The molecule has 0 atom stereocenters. The number of Topliss-reactive ketones (excluding diaryl/α,β-unsaturated/α-hetero) is 1. The third-order valence-corrected chi connectivity index (χ3v) is 4.00. The Balaban J connectivity index is 1.88. The van der Waals surface area contributed by atoms with Gasteiger partial charge >= 0.3 is 5.97 Å². The Morgan fingerprint density at radius 2 is 1.36 bits per heavy atom. The Kier molecular flexibility index (Phi) is 12.2. The molecule has 6 nitrogen and oxygen atoms in total. The van der Waals surface area contributed by atoms with Gasteiger partial charge in [0.25, 0.3) is 0 Å². The number of hydrogen-bond donors (Lipinski definition) is 0. The smallest absolute Gasteiger partial charge is 0.308 e. The van der Waals surface area contributed by atoms with Crippen molar-refractivity contribution in [1.29, 1.82) is 0 Å². The number of hydrogen-bond acceptors (Lipinski definition) is 6. The summed E-state index contributed by atoms with van der Waals surface area (Å²) in [5, 5.41) is 0. The fourth-order valence-corrected chi connectivity index (χ4v) is 2.47. The van der Waals surface area contributed by atoms with E-state index in [1.165, 1.54) is 0 Å². The van der Waals surface area contributed by atoms with Crippen molar-refractivity contribution in [3.8, 4) is 0 Å². The molecule has 0 bridgehead atoms. The van der Waals surface area contributed by atoms with Crippen LogP contribution in [0.5, 0.6) is 0 Å². The summed E-state index contributed by atoms with van der Waals surface area (Å²) in [5.74, 6) is -0.142. The molecular weight excluding hydrogens is 428 g/mol. The van der Waals surface area contributed by atoms with Crippen LogP contribution in [0, 0.1) is 0 Å². The van der Waals surface area contributed by atoms with Crippen LogP contribution in [-0.4, -0.2) is 57.0 Å². The molecule has 0 spiro atoms. The zero-order chi connectivity index (χ0) is 20.8. The van der Waals surface area contributed by atoms with Crippen molar-refractivity contribution in [1.82, 2.24) is 0 Å². The first kappa shape index (κ1) is 24.8. The van der Waals surface area contributed by atoms with Gasteiger partial charge in [0.1, 0.15) is 5.60 Å². The van der Waals surface area contributed by atoms with Crippen LogP contribution >= 0.6 is 15.9 Å². The fraction of sp³-hybridized carbons (Fsp3) is 0.619.